The van der Waals surface area contributed by atoms with E-state index in [-0.39, 0.29) is 24.1 Å². The predicted octanol–water partition coefficient (Wildman–Crippen LogP) is 4.53. The van der Waals surface area contributed by atoms with Crippen LogP contribution in [0.5, 0.6) is 0 Å². The van der Waals surface area contributed by atoms with Crippen LogP contribution in [-0.2, 0) is 11.2 Å². The molecule has 2 N–H and O–H groups in total. The first-order chi connectivity index (χ1) is 12.5. The van der Waals surface area contributed by atoms with Crippen molar-refractivity contribution in [1.82, 2.24) is 5.32 Å². The zero-order valence-corrected chi connectivity index (χ0v) is 15.4. The number of rotatable bonds is 6. The number of nitrogens with one attached hydrogen (secondary N) is 1. The van der Waals surface area contributed by atoms with Gasteiger partial charge in [0.1, 0.15) is 12.2 Å². The quantitative estimate of drug-likeness (QED) is 0.777. The zero-order chi connectivity index (χ0) is 18.7. The van der Waals surface area contributed by atoms with Crippen LogP contribution in [0.1, 0.15) is 59.0 Å². The summed E-state index contributed by atoms with van der Waals surface area (Å²) in [7, 11) is 0. The SMILES string of the molecule is Cc1coc(CC(=O)O)c1C(=O)NC(c1ccc(Cl)cc1)C1CCCC1. The number of aliphatic carboxylic acids is 1. The van der Waals surface area contributed by atoms with Gasteiger partial charge in [-0.25, -0.2) is 0 Å². The predicted molar refractivity (Wildman–Crippen MR) is 98.4 cm³/mol. The fraction of sp³-hybridized carbons (Fsp3) is 0.400. The molecule has 1 aromatic carbocycles. The molecule has 0 saturated heterocycles. The highest BCUT2D eigenvalue weighted by molar-refractivity contribution is 6.30. The van der Waals surface area contributed by atoms with E-state index < -0.39 is 5.97 Å². The molecular weight excluding hydrogens is 354 g/mol. The van der Waals surface area contributed by atoms with E-state index in [0.717, 1.165) is 31.2 Å². The number of furan rings is 1. The van der Waals surface area contributed by atoms with Crippen LogP contribution < -0.4 is 5.32 Å². The maximum Gasteiger partial charge on any atom is 0.311 e. The highest BCUT2D eigenvalue weighted by atomic mass is 35.5. The van der Waals surface area contributed by atoms with Gasteiger partial charge in [0, 0.05) is 10.6 Å². The molecule has 1 aliphatic carbocycles. The minimum Gasteiger partial charge on any atom is -0.481 e. The number of halogens is 1. The third-order valence-electron chi connectivity index (χ3n) is 4.98. The lowest BCUT2D eigenvalue weighted by Crippen LogP contribution is -2.33. The molecule has 0 spiro atoms. The summed E-state index contributed by atoms with van der Waals surface area (Å²) in [5.41, 5.74) is 1.97. The summed E-state index contributed by atoms with van der Waals surface area (Å²) in [4.78, 5) is 24.0. The van der Waals surface area contributed by atoms with Gasteiger partial charge in [-0.05, 0) is 43.4 Å². The number of carboxylic acids is 1. The summed E-state index contributed by atoms with van der Waals surface area (Å²) in [5, 5.41) is 12.8. The second kappa shape index (κ2) is 7.96. The minimum absolute atomic E-state index is 0.130. The second-order valence-corrected chi connectivity index (χ2v) is 7.27. The van der Waals surface area contributed by atoms with E-state index in [0.29, 0.717) is 22.1 Å². The molecule has 0 aliphatic heterocycles. The lowest BCUT2D eigenvalue weighted by Gasteiger charge is -2.25. The molecule has 1 aliphatic rings. The van der Waals surface area contributed by atoms with Crippen molar-refractivity contribution in [1.29, 1.82) is 0 Å². The number of amides is 1. The summed E-state index contributed by atoms with van der Waals surface area (Å²) >= 11 is 6.00. The lowest BCUT2D eigenvalue weighted by molar-refractivity contribution is -0.136. The van der Waals surface area contributed by atoms with Gasteiger partial charge in [-0.15, -0.1) is 0 Å². The van der Waals surface area contributed by atoms with Crippen LogP contribution in [0.4, 0.5) is 0 Å². The average Bonchev–Trinajstić information content (AvgIpc) is 3.23. The van der Waals surface area contributed by atoms with Crippen LogP contribution in [0.15, 0.2) is 34.9 Å². The number of aryl methyl sites for hydroxylation is 1. The number of carboxylic acid groups (broad SMARTS) is 1. The molecule has 1 amide bonds. The van der Waals surface area contributed by atoms with Crippen LogP contribution in [0.3, 0.4) is 0 Å². The van der Waals surface area contributed by atoms with E-state index in [1.165, 1.54) is 6.26 Å². The molecule has 1 fully saturated rings. The Morgan fingerprint density at radius 2 is 1.92 bits per heavy atom. The number of carbonyl (C=O) groups is 2. The van der Waals surface area contributed by atoms with Gasteiger partial charge in [0.25, 0.3) is 5.91 Å². The van der Waals surface area contributed by atoms with Crippen LogP contribution >= 0.6 is 11.6 Å². The number of hydrogen-bond acceptors (Lipinski definition) is 3. The molecule has 1 heterocycles. The first kappa shape index (κ1) is 18.5. The Bertz CT molecular complexity index is 791. The van der Waals surface area contributed by atoms with Crippen molar-refractivity contribution < 1.29 is 19.1 Å². The monoisotopic (exact) mass is 375 g/mol. The van der Waals surface area contributed by atoms with Gasteiger partial charge in [0.05, 0.1) is 17.9 Å². The van der Waals surface area contributed by atoms with E-state index in [2.05, 4.69) is 5.32 Å². The van der Waals surface area contributed by atoms with Crippen LogP contribution in [0.2, 0.25) is 5.02 Å². The molecule has 1 aromatic heterocycles. The van der Waals surface area contributed by atoms with Crippen LogP contribution in [-0.4, -0.2) is 17.0 Å². The van der Waals surface area contributed by atoms with E-state index in [1.807, 2.05) is 24.3 Å². The first-order valence-corrected chi connectivity index (χ1v) is 9.18. The molecule has 3 rings (SSSR count). The normalized spacial score (nSPS) is 15.8. The molecule has 6 heteroatoms. The Balaban J connectivity index is 1.87. The first-order valence-electron chi connectivity index (χ1n) is 8.80. The van der Waals surface area contributed by atoms with Crippen LogP contribution in [0, 0.1) is 12.8 Å². The molecule has 1 unspecified atom stereocenters. The molecule has 138 valence electrons. The van der Waals surface area contributed by atoms with Crippen molar-refractivity contribution in [3.63, 3.8) is 0 Å². The van der Waals surface area contributed by atoms with Crippen molar-refractivity contribution in [2.75, 3.05) is 0 Å². The van der Waals surface area contributed by atoms with E-state index in [9.17, 15) is 9.59 Å². The molecule has 0 radical (unpaired) electrons. The Morgan fingerprint density at radius 3 is 2.54 bits per heavy atom. The third-order valence-corrected chi connectivity index (χ3v) is 5.23. The molecule has 1 atom stereocenters. The summed E-state index contributed by atoms with van der Waals surface area (Å²) in [6.07, 6.45) is 5.53. The van der Waals surface area contributed by atoms with Crippen LogP contribution in [0.25, 0.3) is 0 Å². The second-order valence-electron chi connectivity index (χ2n) is 6.83. The van der Waals surface area contributed by atoms with Gasteiger partial charge in [0.15, 0.2) is 0 Å². The van der Waals surface area contributed by atoms with Crippen molar-refractivity contribution in [2.24, 2.45) is 5.92 Å². The topological polar surface area (TPSA) is 79.5 Å². The highest BCUT2D eigenvalue weighted by Gasteiger charge is 2.30. The van der Waals surface area contributed by atoms with Gasteiger partial charge in [-0.3, -0.25) is 9.59 Å². The smallest absolute Gasteiger partial charge is 0.311 e. The summed E-state index contributed by atoms with van der Waals surface area (Å²) in [6, 6.07) is 7.39. The maximum atomic E-state index is 12.9. The van der Waals surface area contributed by atoms with Crippen molar-refractivity contribution >= 4 is 23.5 Å². The lowest BCUT2D eigenvalue weighted by atomic mass is 9.91. The Labute approximate surface area is 157 Å². The maximum absolute atomic E-state index is 12.9. The summed E-state index contributed by atoms with van der Waals surface area (Å²) in [5.74, 6) is -0.776. The minimum atomic E-state index is -1.03. The van der Waals surface area contributed by atoms with E-state index in [4.69, 9.17) is 21.1 Å². The Morgan fingerprint density at radius 1 is 1.27 bits per heavy atom. The van der Waals surface area contributed by atoms with Gasteiger partial charge in [-0.1, -0.05) is 36.6 Å². The van der Waals surface area contributed by atoms with Gasteiger partial charge in [-0.2, -0.15) is 0 Å². The summed E-state index contributed by atoms with van der Waals surface area (Å²) in [6.45, 7) is 1.75. The van der Waals surface area contributed by atoms with E-state index >= 15 is 0 Å². The molecule has 0 bridgehead atoms. The largest absolute Gasteiger partial charge is 0.481 e. The number of carbonyl (C=O) groups excluding carboxylic acids is 1. The molecule has 26 heavy (non-hydrogen) atoms. The Kier molecular flexibility index (Phi) is 5.67. The third kappa shape index (κ3) is 4.10. The molecular formula is C20H22ClNO4. The summed E-state index contributed by atoms with van der Waals surface area (Å²) < 4.78 is 5.30. The van der Waals surface area contributed by atoms with Gasteiger partial charge < -0.3 is 14.8 Å². The molecule has 5 nitrogen and oxygen atoms in total. The number of hydrogen-bond donors (Lipinski definition) is 2. The van der Waals surface area contributed by atoms with Crippen molar-refractivity contribution in [3.8, 4) is 0 Å². The molecule has 1 saturated carbocycles. The standard InChI is InChI=1S/C20H22ClNO4/c1-12-11-26-16(10-17(23)24)18(12)20(25)22-19(13-4-2-3-5-13)14-6-8-15(21)9-7-14/h6-9,11,13,19H,2-5,10H2,1H3,(H,22,25)(H,23,24). The Hall–Kier alpha value is -2.27. The van der Waals surface area contributed by atoms with E-state index in [1.54, 1.807) is 6.92 Å². The highest BCUT2D eigenvalue weighted by Crippen LogP contribution is 2.36. The van der Waals surface area contributed by atoms with Gasteiger partial charge in [0.2, 0.25) is 0 Å². The van der Waals surface area contributed by atoms with Crippen molar-refractivity contribution in [3.05, 3.63) is 58.0 Å². The van der Waals surface area contributed by atoms with Gasteiger partial charge >= 0.3 is 5.97 Å². The molecule has 2 aromatic rings. The average molecular weight is 376 g/mol. The fourth-order valence-corrected chi connectivity index (χ4v) is 3.84. The fourth-order valence-electron chi connectivity index (χ4n) is 3.72. The zero-order valence-electron chi connectivity index (χ0n) is 14.6. The number of benzene rings is 1. The van der Waals surface area contributed by atoms with Crippen molar-refractivity contribution in [2.45, 2.75) is 45.1 Å².